The summed E-state index contributed by atoms with van der Waals surface area (Å²) in [6, 6.07) is 0. The molecule has 0 rings (SSSR count). The first-order valence-corrected chi connectivity index (χ1v) is 0.565. The minimum Gasteiger partial charge on any atom is -1.00 e. The number of hydrogen-bond acceptors (Lipinski definition) is 2. The molecule has 0 fully saturated rings. The van der Waals surface area contributed by atoms with Crippen LogP contribution in [-0.2, 0) is 0 Å². The van der Waals surface area contributed by atoms with Crippen LogP contribution >= 0.6 is 0 Å². The first-order valence-electron chi connectivity index (χ1n) is 0.565. The van der Waals surface area contributed by atoms with Crippen molar-refractivity contribution >= 4 is 37.7 Å². The van der Waals surface area contributed by atoms with Crippen molar-refractivity contribution in [1.29, 1.82) is 0 Å². The second-order valence-corrected chi connectivity index (χ2v) is 0.238. The smallest absolute Gasteiger partial charge is 1.00 e. The third-order valence-electron chi connectivity index (χ3n) is 0. The minimum absolute atomic E-state index is 0. The van der Waals surface area contributed by atoms with Gasteiger partial charge in [0.15, 0.2) is 0 Å². The SMILES string of the molecule is O.O.O.O.O.O.O.O.O.O.O=[N+]([O-])O.[Ca+2].[H-].[H-].[H-].[K+]. The van der Waals surface area contributed by atoms with E-state index >= 15 is 0 Å². The first-order chi connectivity index (χ1) is 1.73. The standard InChI is InChI=1S/Ca.K.HNO3.10H2O.3H/c;;2-1(3)4;;;;;;;;;;;;;/h;;(H,2,3,4);10*1H2;;;/q+2;+1;;;;;;;;;;;;3*-1. The van der Waals surface area contributed by atoms with Gasteiger partial charge in [0.25, 0.3) is 5.09 Å². The second kappa shape index (κ2) is 187. The zero-order valence-electron chi connectivity index (χ0n) is 11.4. The average molecular weight is 325 g/mol. The molecule has 0 bridgehead atoms. The van der Waals surface area contributed by atoms with Gasteiger partial charge in [-0.3, -0.25) is 0 Å². The molecule has 0 radical (unpaired) electrons. The van der Waals surface area contributed by atoms with Crippen molar-refractivity contribution in [1.82, 2.24) is 0 Å². The molecule has 0 spiro atoms. The van der Waals surface area contributed by atoms with E-state index in [9.17, 15) is 0 Å². The van der Waals surface area contributed by atoms with Gasteiger partial charge in [-0.2, -0.15) is 0 Å². The molecular formula is H24CaKNO13. The molecule has 0 aromatic heterocycles. The van der Waals surface area contributed by atoms with Crippen molar-refractivity contribution in [2.45, 2.75) is 0 Å². The van der Waals surface area contributed by atoms with Gasteiger partial charge in [0, 0.05) is 0 Å². The molecule has 0 saturated heterocycles. The molecule has 0 aliphatic rings. The molecule has 16 heavy (non-hydrogen) atoms. The fourth-order valence-corrected chi connectivity index (χ4v) is 0. The monoisotopic (exact) mass is 325 g/mol. The normalized spacial score (nSPS) is 1.50. The molecule has 0 aliphatic heterocycles. The van der Waals surface area contributed by atoms with E-state index < -0.39 is 5.09 Å². The van der Waals surface area contributed by atoms with E-state index in [0.29, 0.717) is 0 Å². The Morgan fingerprint density at radius 2 is 0.750 bits per heavy atom. The fourth-order valence-electron chi connectivity index (χ4n) is 0. The van der Waals surface area contributed by atoms with Crippen molar-refractivity contribution in [3.05, 3.63) is 10.1 Å². The maximum atomic E-state index is 8.36. The summed E-state index contributed by atoms with van der Waals surface area (Å²) in [7, 11) is 0. The zero-order valence-corrected chi connectivity index (χ0v) is 13.7. The quantitative estimate of drug-likeness (QED) is 0.257. The molecule has 0 unspecified atom stereocenters. The van der Waals surface area contributed by atoms with Crippen LogP contribution in [0.4, 0.5) is 0 Å². The van der Waals surface area contributed by atoms with Crippen LogP contribution in [0.25, 0.3) is 0 Å². The third-order valence-corrected chi connectivity index (χ3v) is 0. The van der Waals surface area contributed by atoms with Gasteiger partial charge in [-0.05, 0) is 0 Å². The van der Waals surface area contributed by atoms with Crippen LogP contribution in [0.3, 0.4) is 0 Å². The van der Waals surface area contributed by atoms with Crippen molar-refractivity contribution in [2.75, 3.05) is 0 Å². The third kappa shape index (κ3) is 1180. The zero-order chi connectivity index (χ0) is 3.58. The van der Waals surface area contributed by atoms with E-state index in [2.05, 4.69) is 0 Å². The van der Waals surface area contributed by atoms with Crippen LogP contribution < -0.4 is 51.4 Å². The Hall–Kier alpha value is 1.70. The van der Waals surface area contributed by atoms with E-state index in [1.807, 2.05) is 0 Å². The molecule has 0 amide bonds. The fraction of sp³-hybridized carbons (Fsp3) is 0. The largest absolute Gasteiger partial charge is 2.00 e. The second-order valence-electron chi connectivity index (χ2n) is 0.238. The summed E-state index contributed by atoms with van der Waals surface area (Å²) < 4.78 is 0. The molecule has 0 aromatic rings. The van der Waals surface area contributed by atoms with Crippen molar-refractivity contribution in [3.63, 3.8) is 0 Å². The summed E-state index contributed by atoms with van der Waals surface area (Å²) in [6.45, 7) is 0. The van der Waals surface area contributed by atoms with Crippen molar-refractivity contribution in [2.24, 2.45) is 0 Å². The Bertz CT molecular complexity index is 50.9. The van der Waals surface area contributed by atoms with Crippen molar-refractivity contribution in [3.8, 4) is 0 Å². The minimum atomic E-state index is -1.50. The van der Waals surface area contributed by atoms with Crippen LogP contribution in [0.1, 0.15) is 4.28 Å². The van der Waals surface area contributed by atoms with Crippen LogP contribution in [-0.4, -0.2) is 103 Å². The topological polar surface area (TPSA) is 378 Å². The molecule has 0 atom stereocenters. The van der Waals surface area contributed by atoms with Crippen LogP contribution in [0, 0.1) is 10.1 Å². The Kier molecular flexibility index (Phi) is 2610. The molecule has 0 saturated carbocycles. The Morgan fingerprint density at radius 3 is 0.750 bits per heavy atom. The number of hydrogen-bond donors (Lipinski definition) is 1. The van der Waals surface area contributed by atoms with Crippen molar-refractivity contribution < 1.29 is 121 Å². The van der Waals surface area contributed by atoms with Gasteiger partial charge in [0.2, 0.25) is 0 Å². The molecule has 110 valence electrons. The van der Waals surface area contributed by atoms with E-state index in [1.165, 1.54) is 0 Å². The molecular weight excluding hydrogens is 301 g/mol. The van der Waals surface area contributed by atoms with E-state index in [0.717, 1.165) is 0 Å². The number of nitrogens with zero attached hydrogens (tertiary/aromatic N) is 1. The summed E-state index contributed by atoms with van der Waals surface area (Å²) >= 11 is 0. The number of rotatable bonds is 0. The van der Waals surface area contributed by atoms with Gasteiger partial charge in [-0.15, -0.1) is 10.1 Å². The molecule has 21 N–H and O–H groups in total. The predicted molar refractivity (Wildman–Crippen MR) is 54.0 cm³/mol. The van der Waals surface area contributed by atoms with Gasteiger partial charge in [0.1, 0.15) is 0 Å². The first kappa shape index (κ1) is 224. The van der Waals surface area contributed by atoms with Crippen LogP contribution in [0.5, 0.6) is 0 Å². The summed E-state index contributed by atoms with van der Waals surface area (Å²) in [5, 5.41) is 13.6. The Labute approximate surface area is 166 Å². The van der Waals surface area contributed by atoms with Gasteiger partial charge in [-0.25, -0.2) is 0 Å². The van der Waals surface area contributed by atoms with Gasteiger partial charge < -0.3 is 64.2 Å². The summed E-state index contributed by atoms with van der Waals surface area (Å²) in [6.07, 6.45) is 0. The average Bonchev–Trinajstić information content (AvgIpc) is 0.811. The van der Waals surface area contributed by atoms with Gasteiger partial charge >= 0.3 is 89.1 Å². The van der Waals surface area contributed by atoms with E-state index in [4.69, 9.17) is 15.3 Å². The van der Waals surface area contributed by atoms with E-state index in [1.54, 1.807) is 0 Å². The summed E-state index contributed by atoms with van der Waals surface area (Å²) in [4.78, 5) is 8.36. The van der Waals surface area contributed by atoms with Gasteiger partial charge in [0.05, 0.1) is 0 Å². The van der Waals surface area contributed by atoms with Crippen LogP contribution in [0.2, 0.25) is 0 Å². The Morgan fingerprint density at radius 1 is 0.750 bits per heavy atom. The molecule has 0 heterocycles. The maximum Gasteiger partial charge on any atom is 2.00 e. The summed E-state index contributed by atoms with van der Waals surface area (Å²) in [5.41, 5.74) is 0. The van der Waals surface area contributed by atoms with Gasteiger partial charge in [-0.1, -0.05) is 0 Å². The van der Waals surface area contributed by atoms with Crippen LogP contribution in [0.15, 0.2) is 0 Å². The maximum absolute atomic E-state index is 8.36. The molecule has 16 heteroatoms. The molecule has 0 aromatic carbocycles. The van der Waals surface area contributed by atoms with E-state index in [-0.39, 0.29) is 148 Å². The molecule has 14 nitrogen and oxygen atoms in total. The predicted octanol–water partition coefficient (Wildman–Crippen LogP) is -11.6. The summed E-state index contributed by atoms with van der Waals surface area (Å²) in [5.74, 6) is 0. The Balaban J connectivity index is -0.000000000429. The molecule has 0 aliphatic carbocycles.